The Labute approximate surface area is 190 Å². The molecule has 0 saturated carbocycles. The van der Waals surface area contributed by atoms with Gasteiger partial charge >= 0.3 is 0 Å². The molecule has 3 N–H and O–H groups in total. The second-order valence-corrected chi connectivity index (χ2v) is 8.69. The summed E-state index contributed by atoms with van der Waals surface area (Å²) in [6.45, 7) is 2.16. The van der Waals surface area contributed by atoms with Gasteiger partial charge in [-0.3, -0.25) is 19.3 Å². The van der Waals surface area contributed by atoms with Crippen LogP contribution in [0, 0.1) is 4.77 Å². The molecule has 0 aliphatic heterocycles. The highest BCUT2D eigenvalue weighted by Crippen LogP contribution is 2.27. The normalized spacial score (nSPS) is 10.9. The Hall–Kier alpha value is -3.09. The lowest BCUT2D eigenvalue weighted by molar-refractivity contribution is -0.119. The van der Waals surface area contributed by atoms with Gasteiger partial charge in [-0.1, -0.05) is 6.07 Å². The summed E-state index contributed by atoms with van der Waals surface area (Å²) in [6.07, 6.45) is 0.225. The Kier molecular flexibility index (Phi) is 6.39. The fourth-order valence-corrected chi connectivity index (χ4v) is 4.44. The molecule has 4 aromatic heterocycles. The maximum Gasteiger partial charge on any atom is 0.227 e. The molecule has 0 aromatic carbocycles. The summed E-state index contributed by atoms with van der Waals surface area (Å²) >= 11 is 8.16. The highest BCUT2D eigenvalue weighted by atomic mass is 32.1. The number of carbonyl (C=O) groups is 2. The van der Waals surface area contributed by atoms with Crippen LogP contribution in [-0.2, 0) is 22.7 Å². The molecular formula is C19H18N6O3S3. The first-order valence-corrected chi connectivity index (χ1v) is 11.4. The lowest BCUT2D eigenvalue weighted by Crippen LogP contribution is -2.18. The van der Waals surface area contributed by atoms with Crippen LogP contribution in [0.15, 0.2) is 39.4 Å². The maximum absolute atomic E-state index is 12.4. The van der Waals surface area contributed by atoms with Gasteiger partial charge in [0.1, 0.15) is 11.5 Å². The summed E-state index contributed by atoms with van der Waals surface area (Å²) in [7, 11) is 0. The topological polar surface area (TPSA) is 118 Å². The molecule has 2 amide bonds. The van der Waals surface area contributed by atoms with Crippen molar-refractivity contribution >= 4 is 51.8 Å². The maximum atomic E-state index is 12.4. The summed E-state index contributed by atoms with van der Waals surface area (Å²) in [4.78, 5) is 28.8. The van der Waals surface area contributed by atoms with E-state index in [1.165, 1.54) is 18.3 Å². The minimum Gasteiger partial charge on any atom is -0.458 e. The van der Waals surface area contributed by atoms with Crippen molar-refractivity contribution < 1.29 is 14.0 Å². The van der Waals surface area contributed by atoms with Crippen LogP contribution in [0.25, 0.3) is 22.2 Å². The van der Waals surface area contributed by atoms with Gasteiger partial charge in [-0.25, -0.2) is 4.98 Å². The third-order valence-corrected chi connectivity index (χ3v) is 6.17. The molecule has 0 saturated heterocycles. The molecule has 12 heteroatoms. The van der Waals surface area contributed by atoms with E-state index in [0.29, 0.717) is 40.2 Å². The van der Waals surface area contributed by atoms with E-state index in [0.717, 1.165) is 10.7 Å². The monoisotopic (exact) mass is 474 g/mol. The Bertz CT molecular complexity index is 1250. The molecule has 0 aliphatic carbocycles. The highest BCUT2D eigenvalue weighted by Gasteiger charge is 2.14. The molecule has 0 fully saturated rings. The predicted molar refractivity (Wildman–Crippen MR) is 121 cm³/mol. The number of aromatic nitrogens is 4. The van der Waals surface area contributed by atoms with Gasteiger partial charge in [0.25, 0.3) is 0 Å². The third-order valence-electron chi connectivity index (χ3n) is 4.24. The predicted octanol–water partition coefficient (Wildman–Crippen LogP) is 4.05. The Morgan fingerprint density at radius 1 is 1.29 bits per heavy atom. The van der Waals surface area contributed by atoms with Crippen LogP contribution in [0.1, 0.15) is 19.1 Å². The van der Waals surface area contributed by atoms with Crippen LogP contribution in [0.2, 0.25) is 0 Å². The van der Waals surface area contributed by atoms with Gasteiger partial charge in [-0.2, -0.15) is 5.10 Å². The van der Waals surface area contributed by atoms with Crippen molar-refractivity contribution in [2.75, 3.05) is 5.32 Å². The van der Waals surface area contributed by atoms with E-state index in [9.17, 15) is 9.59 Å². The SMILES string of the molecule is CC(=O)NCc1ccc(-c2csc(NC(=O)CCn3c(-c4cccs4)n[nH]c3=S)n2)o1. The second-order valence-electron chi connectivity index (χ2n) is 6.49. The van der Waals surface area contributed by atoms with E-state index in [2.05, 4.69) is 25.8 Å². The van der Waals surface area contributed by atoms with E-state index in [1.807, 2.05) is 22.1 Å². The lowest BCUT2D eigenvalue weighted by Gasteiger charge is -2.05. The molecule has 9 nitrogen and oxygen atoms in total. The fourth-order valence-electron chi connectivity index (χ4n) is 2.78. The molecule has 0 radical (unpaired) electrons. The number of rotatable bonds is 8. The highest BCUT2D eigenvalue weighted by molar-refractivity contribution is 7.71. The summed E-state index contributed by atoms with van der Waals surface area (Å²) in [5.41, 5.74) is 0.617. The van der Waals surface area contributed by atoms with Crippen molar-refractivity contribution in [1.29, 1.82) is 0 Å². The molecule has 0 unspecified atom stereocenters. The average molecular weight is 475 g/mol. The van der Waals surface area contributed by atoms with Crippen molar-refractivity contribution in [2.45, 2.75) is 26.4 Å². The summed E-state index contributed by atoms with van der Waals surface area (Å²) in [5.74, 6) is 1.62. The van der Waals surface area contributed by atoms with Crippen LogP contribution in [-0.4, -0.2) is 31.6 Å². The minimum absolute atomic E-state index is 0.129. The van der Waals surface area contributed by atoms with Crippen LogP contribution in [0.4, 0.5) is 5.13 Å². The molecule has 0 spiro atoms. The van der Waals surface area contributed by atoms with Crippen molar-refractivity contribution in [3.63, 3.8) is 0 Å². The van der Waals surface area contributed by atoms with Crippen LogP contribution in [0.5, 0.6) is 0 Å². The van der Waals surface area contributed by atoms with Crippen LogP contribution < -0.4 is 10.6 Å². The van der Waals surface area contributed by atoms with Crippen LogP contribution in [0.3, 0.4) is 0 Å². The molecule has 31 heavy (non-hydrogen) atoms. The van der Waals surface area contributed by atoms with Gasteiger partial charge in [0.2, 0.25) is 11.8 Å². The third kappa shape index (κ3) is 5.16. The van der Waals surface area contributed by atoms with Crippen molar-refractivity contribution in [3.8, 4) is 22.2 Å². The summed E-state index contributed by atoms with van der Waals surface area (Å²) in [5, 5.41) is 16.8. The number of carbonyl (C=O) groups excluding carboxylic acids is 2. The number of H-pyrrole nitrogens is 1. The number of anilines is 1. The standard InChI is InChI=1S/C19H18N6O3S3/c1-11(26)20-9-12-4-5-14(28-12)13-10-31-18(21-13)22-16(27)6-7-25-17(23-24-19(25)29)15-3-2-8-30-15/h2-5,8,10H,6-7,9H2,1H3,(H,20,26)(H,24,29)(H,21,22,27). The van der Waals surface area contributed by atoms with E-state index in [-0.39, 0.29) is 18.2 Å². The first-order valence-electron chi connectivity index (χ1n) is 9.27. The Balaban J connectivity index is 1.36. The van der Waals surface area contributed by atoms with Crippen molar-refractivity contribution in [2.24, 2.45) is 0 Å². The zero-order valence-electron chi connectivity index (χ0n) is 16.4. The quantitative estimate of drug-likeness (QED) is 0.332. The van der Waals surface area contributed by atoms with E-state index in [1.54, 1.807) is 28.8 Å². The molecule has 4 aromatic rings. The smallest absolute Gasteiger partial charge is 0.227 e. The second kappa shape index (κ2) is 9.37. The summed E-state index contributed by atoms with van der Waals surface area (Å²) in [6, 6.07) is 7.46. The van der Waals surface area contributed by atoms with E-state index >= 15 is 0 Å². The first-order chi connectivity index (χ1) is 15.0. The van der Waals surface area contributed by atoms with E-state index in [4.69, 9.17) is 16.6 Å². The van der Waals surface area contributed by atoms with Gasteiger partial charge in [-0.15, -0.1) is 22.7 Å². The van der Waals surface area contributed by atoms with Gasteiger partial charge in [0.05, 0.1) is 11.4 Å². The molecule has 160 valence electrons. The number of nitrogens with zero attached hydrogens (tertiary/aromatic N) is 3. The number of hydrogen-bond donors (Lipinski definition) is 3. The van der Waals surface area contributed by atoms with Gasteiger partial charge in [0, 0.05) is 25.3 Å². The zero-order chi connectivity index (χ0) is 21.8. The number of furan rings is 1. The zero-order valence-corrected chi connectivity index (χ0v) is 18.8. The number of thiazole rings is 1. The molecule has 0 bridgehead atoms. The van der Waals surface area contributed by atoms with Crippen LogP contribution >= 0.6 is 34.9 Å². The molecule has 4 heterocycles. The van der Waals surface area contributed by atoms with E-state index < -0.39 is 0 Å². The number of hydrogen-bond acceptors (Lipinski definition) is 8. The number of thiophene rings is 1. The Morgan fingerprint density at radius 2 is 2.16 bits per heavy atom. The Morgan fingerprint density at radius 3 is 2.94 bits per heavy atom. The number of amides is 2. The fraction of sp³-hybridized carbons (Fsp3) is 0.211. The van der Waals surface area contributed by atoms with Crippen molar-refractivity contribution in [3.05, 3.63) is 45.6 Å². The average Bonchev–Trinajstić information content (AvgIpc) is 3.52. The molecular weight excluding hydrogens is 456 g/mol. The van der Waals surface area contributed by atoms with Crippen molar-refractivity contribution in [1.82, 2.24) is 25.1 Å². The lowest BCUT2D eigenvalue weighted by atomic mass is 10.3. The molecule has 0 atom stereocenters. The largest absolute Gasteiger partial charge is 0.458 e. The molecule has 0 aliphatic rings. The minimum atomic E-state index is -0.174. The van der Waals surface area contributed by atoms with Gasteiger partial charge in [-0.05, 0) is 35.8 Å². The van der Waals surface area contributed by atoms with Gasteiger partial charge < -0.3 is 15.1 Å². The summed E-state index contributed by atoms with van der Waals surface area (Å²) < 4.78 is 7.97. The number of nitrogens with one attached hydrogen (secondary N) is 3. The first kappa shape index (κ1) is 21.2. The molecule has 4 rings (SSSR count). The number of aromatic amines is 1. The van der Waals surface area contributed by atoms with Gasteiger partial charge in [0.15, 0.2) is 21.5 Å².